The van der Waals surface area contributed by atoms with Crippen molar-refractivity contribution in [3.63, 3.8) is 0 Å². The van der Waals surface area contributed by atoms with E-state index in [-0.39, 0.29) is 6.04 Å². The Kier molecular flexibility index (Phi) is 8.33. The van der Waals surface area contributed by atoms with E-state index < -0.39 is 0 Å². The minimum atomic E-state index is 0.174. The molecule has 0 spiro atoms. The van der Waals surface area contributed by atoms with Crippen LogP contribution in [0, 0.1) is 0 Å². The Labute approximate surface area is 107 Å². The zero-order valence-corrected chi connectivity index (χ0v) is 11.5. The number of Topliss-reactive ketones (excluding diaryl/α,β-unsaturated/α-hetero) is 1. The van der Waals surface area contributed by atoms with Crippen LogP contribution in [0.5, 0.6) is 0 Å². The standard InChI is InChI=1S/C15H29NO/c1-2-3-4-5-6-9-12-15(17)14-11-8-7-10-13-16-14/h14,16H,2-13H2,1H3. The van der Waals surface area contributed by atoms with Crippen LogP contribution in [0.1, 0.15) is 77.6 Å². The van der Waals surface area contributed by atoms with E-state index in [0.29, 0.717) is 5.78 Å². The average Bonchev–Trinajstić information content (AvgIpc) is 2.62. The van der Waals surface area contributed by atoms with Gasteiger partial charge in [-0.1, -0.05) is 51.9 Å². The maximum atomic E-state index is 12.0. The normalized spacial score (nSPS) is 21.1. The summed E-state index contributed by atoms with van der Waals surface area (Å²) < 4.78 is 0. The van der Waals surface area contributed by atoms with Crippen molar-refractivity contribution in [2.75, 3.05) is 6.54 Å². The van der Waals surface area contributed by atoms with Gasteiger partial charge >= 0.3 is 0 Å². The van der Waals surface area contributed by atoms with Gasteiger partial charge in [-0.3, -0.25) is 4.79 Å². The van der Waals surface area contributed by atoms with Crippen molar-refractivity contribution < 1.29 is 4.79 Å². The van der Waals surface area contributed by atoms with Gasteiger partial charge < -0.3 is 5.32 Å². The van der Waals surface area contributed by atoms with Gasteiger partial charge in [0.25, 0.3) is 0 Å². The average molecular weight is 239 g/mol. The second-order valence-corrected chi connectivity index (χ2v) is 5.34. The predicted octanol–water partition coefficient (Wildman–Crippen LogP) is 3.84. The second-order valence-electron chi connectivity index (χ2n) is 5.34. The Balaban J connectivity index is 2.03. The van der Waals surface area contributed by atoms with E-state index in [0.717, 1.165) is 25.8 Å². The Bertz CT molecular complexity index is 195. The number of carbonyl (C=O) groups excluding carboxylic acids is 1. The van der Waals surface area contributed by atoms with Crippen molar-refractivity contribution >= 4 is 5.78 Å². The highest BCUT2D eigenvalue weighted by Crippen LogP contribution is 2.13. The zero-order valence-electron chi connectivity index (χ0n) is 11.5. The minimum absolute atomic E-state index is 0.174. The van der Waals surface area contributed by atoms with E-state index >= 15 is 0 Å². The van der Waals surface area contributed by atoms with E-state index in [1.165, 1.54) is 51.4 Å². The lowest BCUT2D eigenvalue weighted by Crippen LogP contribution is -2.35. The van der Waals surface area contributed by atoms with Crippen molar-refractivity contribution in [3.8, 4) is 0 Å². The van der Waals surface area contributed by atoms with Crippen molar-refractivity contribution in [3.05, 3.63) is 0 Å². The van der Waals surface area contributed by atoms with E-state index in [4.69, 9.17) is 0 Å². The van der Waals surface area contributed by atoms with Gasteiger partial charge in [0.05, 0.1) is 6.04 Å². The number of hydrogen-bond donors (Lipinski definition) is 1. The quantitative estimate of drug-likeness (QED) is 0.652. The van der Waals surface area contributed by atoms with Crippen molar-refractivity contribution in [1.29, 1.82) is 0 Å². The molecule has 0 aromatic carbocycles. The molecule has 1 rings (SSSR count). The fourth-order valence-electron chi connectivity index (χ4n) is 2.56. The molecule has 0 amide bonds. The number of unbranched alkanes of at least 4 members (excludes halogenated alkanes) is 5. The van der Waals surface area contributed by atoms with Crippen LogP contribution in [0.15, 0.2) is 0 Å². The van der Waals surface area contributed by atoms with Gasteiger partial charge in [0.2, 0.25) is 0 Å². The number of carbonyl (C=O) groups is 1. The summed E-state index contributed by atoms with van der Waals surface area (Å²) in [6.07, 6.45) is 13.2. The summed E-state index contributed by atoms with van der Waals surface area (Å²) in [4.78, 5) is 12.0. The first-order chi connectivity index (χ1) is 8.34. The Morgan fingerprint density at radius 3 is 2.65 bits per heavy atom. The van der Waals surface area contributed by atoms with Crippen molar-refractivity contribution in [2.24, 2.45) is 0 Å². The molecular weight excluding hydrogens is 210 g/mol. The molecule has 0 aromatic rings. The summed E-state index contributed by atoms with van der Waals surface area (Å²) in [5.74, 6) is 0.461. The molecule has 0 aromatic heterocycles. The van der Waals surface area contributed by atoms with Gasteiger partial charge in [-0.15, -0.1) is 0 Å². The first-order valence-electron chi connectivity index (χ1n) is 7.60. The SMILES string of the molecule is CCCCCCCCC(=O)C1CCCCCN1. The van der Waals surface area contributed by atoms with E-state index in [1.807, 2.05) is 0 Å². The number of nitrogens with one attached hydrogen (secondary N) is 1. The maximum Gasteiger partial charge on any atom is 0.149 e. The molecule has 1 heterocycles. The Hall–Kier alpha value is -0.370. The van der Waals surface area contributed by atoms with E-state index in [2.05, 4.69) is 12.2 Å². The van der Waals surface area contributed by atoms with Crippen LogP contribution >= 0.6 is 0 Å². The van der Waals surface area contributed by atoms with Crippen molar-refractivity contribution in [2.45, 2.75) is 83.6 Å². The molecule has 0 aliphatic carbocycles. The van der Waals surface area contributed by atoms with Crippen LogP contribution in [-0.4, -0.2) is 18.4 Å². The van der Waals surface area contributed by atoms with Gasteiger partial charge in [0.1, 0.15) is 5.78 Å². The maximum absolute atomic E-state index is 12.0. The minimum Gasteiger partial charge on any atom is -0.307 e. The summed E-state index contributed by atoms with van der Waals surface area (Å²) in [7, 11) is 0. The molecule has 17 heavy (non-hydrogen) atoms. The van der Waals surface area contributed by atoms with Crippen LogP contribution in [0.2, 0.25) is 0 Å². The summed E-state index contributed by atoms with van der Waals surface area (Å²) in [5.41, 5.74) is 0. The van der Waals surface area contributed by atoms with Gasteiger partial charge in [-0.2, -0.15) is 0 Å². The van der Waals surface area contributed by atoms with Gasteiger partial charge in [-0.05, 0) is 25.8 Å². The first kappa shape index (κ1) is 14.7. The molecule has 1 aliphatic heterocycles. The third-order valence-electron chi connectivity index (χ3n) is 3.73. The molecule has 1 aliphatic rings. The van der Waals surface area contributed by atoms with Crippen LogP contribution in [0.3, 0.4) is 0 Å². The third-order valence-corrected chi connectivity index (χ3v) is 3.73. The smallest absolute Gasteiger partial charge is 0.149 e. The summed E-state index contributed by atoms with van der Waals surface area (Å²) >= 11 is 0. The molecule has 1 unspecified atom stereocenters. The Morgan fingerprint density at radius 2 is 1.82 bits per heavy atom. The second kappa shape index (κ2) is 9.64. The fraction of sp³-hybridized carbons (Fsp3) is 0.933. The van der Waals surface area contributed by atoms with Crippen LogP contribution < -0.4 is 5.32 Å². The Morgan fingerprint density at radius 1 is 1.06 bits per heavy atom. The molecule has 100 valence electrons. The zero-order chi connectivity index (χ0) is 12.3. The van der Waals surface area contributed by atoms with E-state index in [9.17, 15) is 4.79 Å². The summed E-state index contributed by atoms with van der Waals surface area (Å²) in [5, 5.41) is 3.39. The number of ketones is 1. The van der Waals surface area contributed by atoms with Crippen molar-refractivity contribution in [1.82, 2.24) is 5.32 Å². The molecule has 2 nitrogen and oxygen atoms in total. The molecule has 2 heteroatoms. The molecule has 1 saturated heterocycles. The van der Waals surface area contributed by atoms with Crippen LogP contribution in [0.25, 0.3) is 0 Å². The highest BCUT2D eigenvalue weighted by atomic mass is 16.1. The number of hydrogen-bond acceptors (Lipinski definition) is 2. The largest absolute Gasteiger partial charge is 0.307 e. The van der Waals surface area contributed by atoms with E-state index in [1.54, 1.807) is 0 Å². The molecule has 0 saturated carbocycles. The topological polar surface area (TPSA) is 29.1 Å². The predicted molar refractivity (Wildman–Crippen MR) is 73.3 cm³/mol. The molecule has 0 radical (unpaired) electrons. The van der Waals surface area contributed by atoms with Crippen LogP contribution in [0.4, 0.5) is 0 Å². The third kappa shape index (κ3) is 6.82. The summed E-state index contributed by atoms with van der Waals surface area (Å²) in [6, 6.07) is 0.174. The lowest BCUT2D eigenvalue weighted by molar-refractivity contribution is -0.121. The van der Waals surface area contributed by atoms with Gasteiger partial charge in [0, 0.05) is 6.42 Å². The summed E-state index contributed by atoms with van der Waals surface area (Å²) in [6.45, 7) is 3.27. The molecular formula is C15H29NO. The van der Waals surface area contributed by atoms with Gasteiger partial charge in [0.15, 0.2) is 0 Å². The molecule has 1 fully saturated rings. The number of rotatable bonds is 8. The van der Waals surface area contributed by atoms with Crippen LogP contribution in [-0.2, 0) is 4.79 Å². The molecule has 1 atom stereocenters. The lowest BCUT2D eigenvalue weighted by atomic mass is 10.0. The molecule has 0 bridgehead atoms. The monoisotopic (exact) mass is 239 g/mol. The lowest BCUT2D eigenvalue weighted by Gasteiger charge is -2.14. The molecule has 1 N–H and O–H groups in total. The highest BCUT2D eigenvalue weighted by molar-refractivity contribution is 5.83. The van der Waals surface area contributed by atoms with Gasteiger partial charge in [-0.25, -0.2) is 0 Å². The highest BCUT2D eigenvalue weighted by Gasteiger charge is 2.18. The fourth-order valence-corrected chi connectivity index (χ4v) is 2.56. The first-order valence-corrected chi connectivity index (χ1v) is 7.60.